The first-order valence-corrected chi connectivity index (χ1v) is 10.2. The minimum absolute atomic E-state index is 0.204. The molecule has 2 N–H and O–H groups in total. The fourth-order valence-electron chi connectivity index (χ4n) is 4.04. The summed E-state index contributed by atoms with van der Waals surface area (Å²) in [4.78, 5) is 15.0. The number of amides is 1. The summed E-state index contributed by atoms with van der Waals surface area (Å²) < 4.78 is 6.44. The molecule has 144 valence electrons. The Balaban J connectivity index is 1.80. The summed E-state index contributed by atoms with van der Waals surface area (Å²) in [5, 5.41) is 10.9. The molecular weight excluding hydrogens is 338 g/mol. The van der Waals surface area contributed by atoms with E-state index in [-0.39, 0.29) is 24.0 Å². The number of nitrogens with zero attached hydrogens (tertiary/aromatic N) is 1. The van der Waals surface area contributed by atoms with E-state index in [4.69, 9.17) is 10.1 Å². The van der Waals surface area contributed by atoms with Gasteiger partial charge >= 0.3 is 0 Å². The van der Waals surface area contributed by atoms with Crippen LogP contribution in [0.3, 0.4) is 0 Å². The summed E-state index contributed by atoms with van der Waals surface area (Å²) in [7, 11) is 1.84. The molecule has 1 aromatic carbocycles. The number of carbonyl (C=O) groups excluding carboxylic acids is 1. The number of allylic oxidation sites excluding steroid dienone is 1. The van der Waals surface area contributed by atoms with Crippen molar-refractivity contribution in [2.24, 2.45) is 5.92 Å². The van der Waals surface area contributed by atoms with E-state index in [1.165, 1.54) is 12.6 Å². The lowest BCUT2D eigenvalue weighted by Crippen LogP contribution is -2.43. The standard InChI is InChI=1S/C22H29N3O2/c1-14-6-9-19-20(25(14)22(26)15-7-8-15)11-10-18(16(12-23)13-24-2)21(19)27-17-4-3-5-17/h10-15,17,23-24H,3-9H2,1-2H3/b16-13+,23-12?/t14-/m0/s1. The van der Waals surface area contributed by atoms with Crippen molar-refractivity contribution in [1.82, 2.24) is 5.32 Å². The van der Waals surface area contributed by atoms with Crippen LogP contribution < -0.4 is 15.0 Å². The Morgan fingerprint density at radius 2 is 2.04 bits per heavy atom. The molecule has 1 heterocycles. The first-order chi connectivity index (χ1) is 13.1. The Kier molecular flexibility index (Phi) is 4.94. The number of ether oxygens (including phenoxy) is 1. The molecule has 1 atom stereocenters. The van der Waals surface area contributed by atoms with Gasteiger partial charge in [-0.25, -0.2) is 0 Å². The highest BCUT2D eigenvalue weighted by Gasteiger charge is 2.39. The number of hydrogen-bond acceptors (Lipinski definition) is 4. The van der Waals surface area contributed by atoms with Crippen LogP contribution in [0.15, 0.2) is 18.3 Å². The van der Waals surface area contributed by atoms with Gasteiger partial charge in [-0.2, -0.15) is 0 Å². The second-order valence-electron chi connectivity index (χ2n) is 8.01. The van der Waals surface area contributed by atoms with Gasteiger partial charge in [0.25, 0.3) is 0 Å². The molecule has 0 radical (unpaired) electrons. The summed E-state index contributed by atoms with van der Waals surface area (Å²) >= 11 is 0. The minimum atomic E-state index is 0.204. The maximum Gasteiger partial charge on any atom is 0.230 e. The van der Waals surface area contributed by atoms with Crippen LogP contribution in [-0.4, -0.2) is 31.3 Å². The largest absolute Gasteiger partial charge is 0.489 e. The van der Waals surface area contributed by atoms with Crippen molar-refractivity contribution < 1.29 is 9.53 Å². The van der Waals surface area contributed by atoms with Gasteiger partial charge in [-0.05, 0) is 64.0 Å². The van der Waals surface area contributed by atoms with Crippen molar-refractivity contribution in [3.63, 3.8) is 0 Å². The molecule has 2 aliphatic carbocycles. The molecule has 1 amide bonds. The Hall–Kier alpha value is -2.30. The maximum absolute atomic E-state index is 12.9. The van der Waals surface area contributed by atoms with Gasteiger partial charge in [-0.3, -0.25) is 4.79 Å². The van der Waals surface area contributed by atoms with Crippen molar-refractivity contribution in [3.05, 3.63) is 29.5 Å². The number of nitrogens with one attached hydrogen (secondary N) is 2. The van der Waals surface area contributed by atoms with Crippen LogP contribution >= 0.6 is 0 Å². The van der Waals surface area contributed by atoms with Gasteiger partial charge in [0.05, 0.1) is 11.8 Å². The minimum Gasteiger partial charge on any atom is -0.489 e. The molecule has 0 aromatic heterocycles. The fraction of sp³-hybridized carbons (Fsp3) is 0.545. The zero-order valence-corrected chi connectivity index (χ0v) is 16.3. The first kappa shape index (κ1) is 18.1. The molecule has 1 aromatic rings. The van der Waals surface area contributed by atoms with E-state index >= 15 is 0 Å². The monoisotopic (exact) mass is 367 g/mol. The Morgan fingerprint density at radius 3 is 2.63 bits per heavy atom. The molecular formula is C22H29N3O2. The number of fused-ring (bicyclic) bond motifs is 1. The van der Waals surface area contributed by atoms with Crippen LogP contribution in [0, 0.1) is 11.3 Å². The van der Waals surface area contributed by atoms with E-state index in [2.05, 4.69) is 18.3 Å². The van der Waals surface area contributed by atoms with Crippen LogP contribution in [-0.2, 0) is 11.2 Å². The molecule has 2 fully saturated rings. The summed E-state index contributed by atoms with van der Waals surface area (Å²) in [5.41, 5.74) is 3.89. The smallest absolute Gasteiger partial charge is 0.230 e. The molecule has 0 unspecified atom stereocenters. The zero-order chi connectivity index (χ0) is 19.0. The third kappa shape index (κ3) is 3.35. The molecule has 0 bridgehead atoms. The molecule has 0 spiro atoms. The van der Waals surface area contributed by atoms with Gasteiger partial charge in [-0.1, -0.05) is 0 Å². The lowest BCUT2D eigenvalue weighted by atomic mass is 9.90. The van der Waals surface area contributed by atoms with Crippen molar-refractivity contribution in [2.75, 3.05) is 11.9 Å². The predicted octanol–water partition coefficient (Wildman–Crippen LogP) is 3.91. The highest BCUT2D eigenvalue weighted by Crippen LogP contribution is 2.44. The van der Waals surface area contributed by atoms with Crippen LogP contribution in [0.4, 0.5) is 5.69 Å². The summed E-state index contributed by atoms with van der Waals surface area (Å²) in [6.45, 7) is 2.15. The summed E-state index contributed by atoms with van der Waals surface area (Å²) in [6.07, 6.45) is 10.7. The highest BCUT2D eigenvalue weighted by atomic mass is 16.5. The molecule has 2 saturated carbocycles. The lowest BCUT2D eigenvalue weighted by molar-refractivity contribution is -0.120. The third-order valence-corrected chi connectivity index (χ3v) is 6.02. The van der Waals surface area contributed by atoms with Crippen LogP contribution in [0.25, 0.3) is 5.57 Å². The second kappa shape index (κ2) is 7.37. The predicted molar refractivity (Wildman–Crippen MR) is 109 cm³/mol. The molecule has 5 nitrogen and oxygen atoms in total. The van der Waals surface area contributed by atoms with Crippen LogP contribution in [0.2, 0.25) is 0 Å². The quantitative estimate of drug-likeness (QED) is 0.749. The number of anilines is 1. The van der Waals surface area contributed by atoms with Crippen molar-refractivity contribution >= 4 is 23.4 Å². The molecule has 4 rings (SSSR count). The lowest BCUT2D eigenvalue weighted by Gasteiger charge is -2.38. The van der Waals surface area contributed by atoms with Gasteiger partial charge in [0.2, 0.25) is 5.91 Å². The Bertz CT molecular complexity index is 778. The molecule has 5 heteroatoms. The first-order valence-electron chi connectivity index (χ1n) is 10.2. The second-order valence-corrected chi connectivity index (χ2v) is 8.01. The van der Waals surface area contributed by atoms with E-state index in [0.29, 0.717) is 0 Å². The highest BCUT2D eigenvalue weighted by molar-refractivity contribution is 6.10. The number of carbonyl (C=O) groups is 1. The van der Waals surface area contributed by atoms with Gasteiger partial charge in [0, 0.05) is 48.1 Å². The number of hydrogen-bond donors (Lipinski definition) is 2. The molecule has 1 aliphatic heterocycles. The van der Waals surface area contributed by atoms with Gasteiger partial charge in [0.1, 0.15) is 5.75 Å². The normalized spacial score (nSPS) is 22.7. The molecule has 0 saturated heterocycles. The van der Waals surface area contributed by atoms with E-state index in [9.17, 15) is 4.79 Å². The van der Waals surface area contributed by atoms with Crippen molar-refractivity contribution in [1.29, 1.82) is 5.41 Å². The third-order valence-electron chi connectivity index (χ3n) is 6.02. The summed E-state index contributed by atoms with van der Waals surface area (Å²) in [6, 6.07) is 4.30. The van der Waals surface area contributed by atoms with Gasteiger partial charge in [-0.15, -0.1) is 0 Å². The SMILES string of the molecule is CN/C=C(\C=N)c1ccc2c(c1OC1CCC1)CC[C@H](C)N2C(=O)C1CC1. The maximum atomic E-state index is 12.9. The Morgan fingerprint density at radius 1 is 1.26 bits per heavy atom. The topological polar surface area (TPSA) is 65.4 Å². The average molecular weight is 367 g/mol. The van der Waals surface area contributed by atoms with Crippen molar-refractivity contribution in [2.45, 2.75) is 64.0 Å². The van der Waals surface area contributed by atoms with Crippen molar-refractivity contribution in [3.8, 4) is 5.75 Å². The number of rotatable bonds is 6. The van der Waals surface area contributed by atoms with Gasteiger partial charge in [0.15, 0.2) is 0 Å². The number of benzene rings is 1. The van der Waals surface area contributed by atoms with Crippen LogP contribution in [0.1, 0.15) is 56.6 Å². The molecule has 3 aliphatic rings. The van der Waals surface area contributed by atoms with E-state index in [0.717, 1.165) is 66.7 Å². The molecule has 27 heavy (non-hydrogen) atoms. The van der Waals surface area contributed by atoms with E-state index in [1.54, 1.807) is 0 Å². The average Bonchev–Trinajstić information content (AvgIpc) is 3.47. The van der Waals surface area contributed by atoms with Gasteiger partial charge < -0.3 is 20.4 Å². The fourth-order valence-corrected chi connectivity index (χ4v) is 4.04. The summed E-state index contributed by atoms with van der Waals surface area (Å²) in [5.74, 6) is 1.35. The zero-order valence-electron chi connectivity index (χ0n) is 16.3. The Labute approximate surface area is 161 Å². The van der Waals surface area contributed by atoms with E-state index in [1.807, 2.05) is 24.2 Å². The van der Waals surface area contributed by atoms with Crippen LogP contribution in [0.5, 0.6) is 5.75 Å². The van der Waals surface area contributed by atoms with E-state index < -0.39 is 0 Å².